The third-order valence-corrected chi connectivity index (χ3v) is 7.45. The summed E-state index contributed by atoms with van der Waals surface area (Å²) in [5.74, 6) is 0. The monoisotopic (exact) mass is 441 g/mol. The van der Waals surface area contributed by atoms with E-state index in [0.717, 1.165) is 16.3 Å². The number of para-hydroxylation sites is 3. The molecule has 0 saturated carbocycles. The van der Waals surface area contributed by atoms with E-state index < -0.39 is 5.41 Å². The molecule has 1 nitrogen and oxygen atoms in total. The van der Waals surface area contributed by atoms with Crippen molar-refractivity contribution in [2.75, 3.05) is 4.90 Å². The number of rotatable bonds is 1. The lowest BCUT2D eigenvalue weighted by Crippen LogP contribution is -2.36. The minimum absolute atomic E-state index is 0.421. The van der Waals surface area contributed by atoms with Gasteiger partial charge < -0.3 is 4.90 Å². The molecule has 0 aromatic heterocycles. The number of hydrogen-bond donors (Lipinski definition) is 0. The summed E-state index contributed by atoms with van der Waals surface area (Å²) in [6.45, 7) is 0. The van der Waals surface area contributed by atoms with Crippen molar-refractivity contribution < 1.29 is 0 Å². The van der Waals surface area contributed by atoms with Crippen molar-refractivity contribution in [2.24, 2.45) is 0 Å². The topological polar surface area (TPSA) is 3.24 Å². The minimum atomic E-state index is -0.421. The Morgan fingerprint density at radius 3 is 1.73 bits per heavy atom. The molecular weight excluding hydrogens is 422 g/mol. The summed E-state index contributed by atoms with van der Waals surface area (Å²) in [6, 6.07) is 43.4. The Labute approximate surface area is 198 Å². The Hall–Kier alpha value is -3.81. The molecule has 1 heterocycles. The molecule has 5 aromatic carbocycles. The molecule has 7 rings (SSSR count). The van der Waals surface area contributed by atoms with E-state index in [1.54, 1.807) is 0 Å². The van der Waals surface area contributed by atoms with E-state index >= 15 is 0 Å². The van der Waals surface area contributed by atoms with Gasteiger partial charge in [0.05, 0.1) is 16.8 Å². The lowest BCUT2D eigenvalue weighted by molar-refractivity contribution is 0.752. The molecule has 0 bridgehead atoms. The van der Waals surface area contributed by atoms with Crippen LogP contribution in [0.2, 0.25) is 5.02 Å². The van der Waals surface area contributed by atoms with Gasteiger partial charge in [0.15, 0.2) is 0 Å². The van der Waals surface area contributed by atoms with Gasteiger partial charge >= 0.3 is 0 Å². The largest absolute Gasteiger partial charge is 0.310 e. The van der Waals surface area contributed by atoms with Crippen LogP contribution in [0.5, 0.6) is 0 Å². The van der Waals surface area contributed by atoms with Crippen LogP contribution in [0.1, 0.15) is 22.3 Å². The van der Waals surface area contributed by atoms with Crippen LogP contribution in [-0.2, 0) is 5.41 Å². The standard InChI is InChI=1S/C31H20ClN/c32-27-18-10-17-26-30(27)22-13-4-5-14-23(22)31(26)24-15-6-8-19-28(24)33(21-11-2-1-3-12-21)29-20-9-7-16-25(29)31/h1-20H. The van der Waals surface area contributed by atoms with Gasteiger partial charge in [0.25, 0.3) is 0 Å². The minimum Gasteiger partial charge on any atom is -0.310 e. The summed E-state index contributed by atoms with van der Waals surface area (Å²) >= 11 is 6.87. The summed E-state index contributed by atoms with van der Waals surface area (Å²) < 4.78 is 0. The zero-order valence-corrected chi connectivity index (χ0v) is 18.6. The summed E-state index contributed by atoms with van der Waals surface area (Å²) in [7, 11) is 0. The third kappa shape index (κ3) is 2.33. The average Bonchev–Trinajstić information content (AvgIpc) is 3.17. The van der Waals surface area contributed by atoms with E-state index in [1.807, 2.05) is 6.07 Å². The Bertz CT molecular complexity index is 1490. The van der Waals surface area contributed by atoms with E-state index in [0.29, 0.717) is 0 Å². The molecule has 0 atom stereocenters. The average molecular weight is 442 g/mol. The molecular formula is C31H20ClN. The molecule has 2 heteroatoms. The molecule has 1 aliphatic heterocycles. The van der Waals surface area contributed by atoms with E-state index in [9.17, 15) is 0 Å². The van der Waals surface area contributed by atoms with E-state index in [2.05, 4.69) is 120 Å². The molecule has 156 valence electrons. The molecule has 0 amide bonds. The van der Waals surface area contributed by atoms with Crippen molar-refractivity contribution in [3.05, 3.63) is 149 Å². The first-order valence-corrected chi connectivity index (χ1v) is 11.6. The van der Waals surface area contributed by atoms with Crippen LogP contribution < -0.4 is 4.90 Å². The van der Waals surface area contributed by atoms with Crippen LogP contribution in [-0.4, -0.2) is 0 Å². The second-order valence-electron chi connectivity index (χ2n) is 8.66. The predicted octanol–water partition coefficient (Wildman–Crippen LogP) is 8.49. The van der Waals surface area contributed by atoms with Gasteiger partial charge in [-0.3, -0.25) is 0 Å². The van der Waals surface area contributed by atoms with Gasteiger partial charge in [0.1, 0.15) is 0 Å². The molecule has 2 aliphatic rings. The van der Waals surface area contributed by atoms with Crippen LogP contribution in [0, 0.1) is 0 Å². The lowest BCUT2D eigenvalue weighted by Gasteiger charge is -2.45. The number of benzene rings is 5. The highest BCUT2D eigenvalue weighted by Crippen LogP contribution is 2.63. The van der Waals surface area contributed by atoms with Crippen LogP contribution in [0.25, 0.3) is 11.1 Å². The quantitative estimate of drug-likeness (QED) is 0.247. The first-order valence-electron chi connectivity index (χ1n) is 11.2. The van der Waals surface area contributed by atoms with Crippen molar-refractivity contribution in [3.63, 3.8) is 0 Å². The molecule has 33 heavy (non-hydrogen) atoms. The fourth-order valence-corrected chi connectivity index (χ4v) is 6.24. The first kappa shape index (κ1) is 18.7. The second kappa shape index (κ2) is 6.84. The second-order valence-corrected chi connectivity index (χ2v) is 9.07. The van der Waals surface area contributed by atoms with Gasteiger partial charge in [0, 0.05) is 16.3 Å². The Morgan fingerprint density at radius 2 is 1.03 bits per heavy atom. The van der Waals surface area contributed by atoms with E-state index in [-0.39, 0.29) is 0 Å². The molecule has 1 aliphatic carbocycles. The highest BCUT2D eigenvalue weighted by molar-refractivity contribution is 6.34. The molecule has 0 N–H and O–H groups in total. The summed E-state index contributed by atoms with van der Waals surface area (Å²) in [5, 5.41) is 0.803. The van der Waals surface area contributed by atoms with Gasteiger partial charge in [-0.2, -0.15) is 0 Å². The van der Waals surface area contributed by atoms with Crippen LogP contribution in [0.4, 0.5) is 17.1 Å². The predicted molar refractivity (Wildman–Crippen MR) is 137 cm³/mol. The Kier molecular flexibility index (Phi) is 3.88. The summed E-state index contributed by atoms with van der Waals surface area (Å²) in [4.78, 5) is 2.39. The van der Waals surface area contributed by atoms with Crippen LogP contribution in [0.15, 0.2) is 121 Å². The number of fused-ring (bicyclic) bond motifs is 9. The van der Waals surface area contributed by atoms with E-state index in [1.165, 1.54) is 39.2 Å². The van der Waals surface area contributed by atoms with Gasteiger partial charge in [-0.15, -0.1) is 0 Å². The first-order chi connectivity index (χ1) is 16.3. The molecule has 5 aromatic rings. The van der Waals surface area contributed by atoms with Crippen LogP contribution >= 0.6 is 11.6 Å². The lowest BCUT2D eigenvalue weighted by atomic mass is 9.64. The SMILES string of the molecule is Clc1cccc2c1-c1ccccc1C21c2ccccc2N(c2ccccc2)c2ccccc21. The molecule has 0 fully saturated rings. The zero-order valence-electron chi connectivity index (χ0n) is 17.9. The molecule has 0 radical (unpaired) electrons. The Morgan fingerprint density at radius 1 is 0.485 bits per heavy atom. The van der Waals surface area contributed by atoms with Crippen molar-refractivity contribution in [1.29, 1.82) is 0 Å². The molecule has 1 spiro atoms. The molecule has 0 unspecified atom stereocenters. The fourth-order valence-electron chi connectivity index (χ4n) is 5.97. The zero-order chi connectivity index (χ0) is 22.0. The third-order valence-electron chi connectivity index (χ3n) is 7.13. The normalized spacial score (nSPS) is 14.4. The smallest absolute Gasteiger partial charge is 0.0754 e. The summed E-state index contributed by atoms with van der Waals surface area (Å²) in [5.41, 5.74) is 10.6. The highest BCUT2D eigenvalue weighted by atomic mass is 35.5. The maximum absolute atomic E-state index is 6.87. The maximum atomic E-state index is 6.87. The van der Waals surface area contributed by atoms with Gasteiger partial charge in [-0.1, -0.05) is 103 Å². The number of anilines is 3. The van der Waals surface area contributed by atoms with Crippen molar-refractivity contribution in [3.8, 4) is 11.1 Å². The van der Waals surface area contributed by atoms with Gasteiger partial charge in [-0.05, 0) is 58.1 Å². The van der Waals surface area contributed by atoms with Gasteiger partial charge in [0.2, 0.25) is 0 Å². The van der Waals surface area contributed by atoms with Gasteiger partial charge in [-0.25, -0.2) is 0 Å². The Balaban J connectivity index is 1.68. The molecule has 0 saturated heterocycles. The summed E-state index contributed by atoms with van der Waals surface area (Å²) in [6.07, 6.45) is 0. The van der Waals surface area contributed by atoms with E-state index in [4.69, 9.17) is 11.6 Å². The number of nitrogens with zero attached hydrogens (tertiary/aromatic N) is 1. The van der Waals surface area contributed by atoms with Crippen molar-refractivity contribution in [2.45, 2.75) is 5.41 Å². The maximum Gasteiger partial charge on any atom is 0.0754 e. The number of hydrogen-bond acceptors (Lipinski definition) is 1. The highest BCUT2D eigenvalue weighted by Gasteiger charge is 2.51. The van der Waals surface area contributed by atoms with Crippen LogP contribution in [0.3, 0.4) is 0 Å². The van der Waals surface area contributed by atoms with Crippen molar-refractivity contribution >= 4 is 28.7 Å². The fraction of sp³-hybridized carbons (Fsp3) is 0.0323. The van der Waals surface area contributed by atoms with Crippen molar-refractivity contribution in [1.82, 2.24) is 0 Å². The number of halogens is 1.